The number of hydrogen-bond acceptors (Lipinski definition) is 3. The molecule has 0 amide bonds. The molecule has 2 unspecified atom stereocenters. The van der Waals surface area contributed by atoms with Crippen molar-refractivity contribution in [3.05, 3.63) is 0 Å². The summed E-state index contributed by atoms with van der Waals surface area (Å²) in [6.45, 7) is 6.38. The van der Waals surface area contributed by atoms with Crippen LogP contribution in [0.3, 0.4) is 0 Å². The molecule has 94 valence electrons. The monoisotopic (exact) mass is 227 g/mol. The summed E-state index contributed by atoms with van der Waals surface area (Å²) in [6, 6.07) is 0.396. The van der Waals surface area contributed by atoms with E-state index >= 15 is 0 Å². The fourth-order valence-corrected chi connectivity index (χ4v) is 2.51. The second-order valence-corrected chi connectivity index (χ2v) is 5.02. The van der Waals surface area contributed by atoms with Gasteiger partial charge in [-0.3, -0.25) is 10.3 Å². The minimum absolute atomic E-state index is 0.0253. The number of methoxy groups -OCH3 is 1. The van der Waals surface area contributed by atoms with E-state index in [2.05, 4.69) is 18.7 Å². The van der Waals surface area contributed by atoms with E-state index in [1.807, 2.05) is 0 Å². The normalized spacial score (nSPS) is 28.9. The number of piperidine rings is 1. The highest BCUT2D eigenvalue weighted by Crippen LogP contribution is 2.26. The number of hydrogen-bond donors (Lipinski definition) is 2. The molecule has 0 aromatic heterocycles. The molecule has 1 saturated heterocycles. The van der Waals surface area contributed by atoms with E-state index in [4.69, 9.17) is 15.9 Å². The molecule has 1 rings (SSSR count). The van der Waals surface area contributed by atoms with Gasteiger partial charge in [0.25, 0.3) is 0 Å². The number of nitrogens with two attached hydrogens (primary N) is 1. The smallest absolute Gasteiger partial charge is 0.0921 e. The SMILES string of the molecule is CCC(CC(=N)N)N1CCCC(C)(OC)C1. The van der Waals surface area contributed by atoms with Crippen molar-refractivity contribution >= 4 is 5.84 Å². The van der Waals surface area contributed by atoms with Crippen LogP contribution in [0.15, 0.2) is 0 Å². The highest BCUT2D eigenvalue weighted by Gasteiger charge is 2.33. The van der Waals surface area contributed by atoms with Crippen LogP contribution in [0.1, 0.15) is 39.5 Å². The lowest BCUT2D eigenvalue weighted by atomic mass is 9.92. The van der Waals surface area contributed by atoms with Gasteiger partial charge in [0.15, 0.2) is 0 Å². The predicted octanol–water partition coefficient (Wildman–Crippen LogP) is 1.59. The van der Waals surface area contributed by atoms with Crippen molar-refractivity contribution in [3.8, 4) is 0 Å². The van der Waals surface area contributed by atoms with Gasteiger partial charge in [-0.05, 0) is 32.7 Å². The van der Waals surface area contributed by atoms with Crippen LogP contribution in [0.2, 0.25) is 0 Å². The molecule has 0 radical (unpaired) electrons. The molecule has 0 aromatic rings. The summed E-state index contributed by atoms with van der Waals surface area (Å²) in [5.74, 6) is 0.288. The molecule has 2 atom stereocenters. The molecule has 4 nitrogen and oxygen atoms in total. The van der Waals surface area contributed by atoms with Crippen molar-refractivity contribution in [2.24, 2.45) is 5.73 Å². The summed E-state index contributed by atoms with van der Waals surface area (Å²) in [6.07, 6.45) is 4.00. The van der Waals surface area contributed by atoms with Gasteiger partial charge in [-0.1, -0.05) is 6.92 Å². The van der Waals surface area contributed by atoms with Gasteiger partial charge in [0.05, 0.1) is 11.4 Å². The van der Waals surface area contributed by atoms with Crippen LogP contribution in [0.5, 0.6) is 0 Å². The van der Waals surface area contributed by atoms with E-state index in [9.17, 15) is 0 Å². The van der Waals surface area contributed by atoms with Crippen LogP contribution in [0.4, 0.5) is 0 Å². The van der Waals surface area contributed by atoms with E-state index in [-0.39, 0.29) is 11.4 Å². The number of nitrogens with zero attached hydrogens (tertiary/aromatic N) is 1. The van der Waals surface area contributed by atoms with Gasteiger partial charge in [-0.2, -0.15) is 0 Å². The second-order valence-electron chi connectivity index (χ2n) is 5.02. The van der Waals surface area contributed by atoms with Gasteiger partial charge in [0.2, 0.25) is 0 Å². The Labute approximate surface area is 98.6 Å². The Kier molecular flexibility index (Phi) is 4.74. The maximum atomic E-state index is 7.41. The zero-order valence-electron chi connectivity index (χ0n) is 10.8. The van der Waals surface area contributed by atoms with Gasteiger partial charge in [-0.25, -0.2) is 0 Å². The van der Waals surface area contributed by atoms with Gasteiger partial charge in [-0.15, -0.1) is 0 Å². The van der Waals surface area contributed by atoms with E-state index in [0.717, 1.165) is 25.9 Å². The van der Waals surface area contributed by atoms with Crippen molar-refractivity contribution in [2.45, 2.75) is 51.2 Å². The quantitative estimate of drug-likeness (QED) is 0.554. The standard InChI is InChI=1S/C12H25N3O/c1-4-10(8-11(13)14)15-7-5-6-12(2,9-15)16-3/h10H,4-9H2,1-3H3,(H3,13,14). The molecule has 1 fully saturated rings. The summed E-state index contributed by atoms with van der Waals surface area (Å²) in [7, 11) is 1.79. The third-order valence-corrected chi connectivity index (χ3v) is 3.62. The highest BCUT2D eigenvalue weighted by molar-refractivity contribution is 5.77. The first-order valence-corrected chi connectivity index (χ1v) is 6.13. The van der Waals surface area contributed by atoms with Crippen LogP contribution in [0, 0.1) is 5.41 Å². The van der Waals surface area contributed by atoms with Crippen molar-refractivity contribution in [1.29, 1.82) is 5.41 Å². The van der Waals surface area contributed by atoms with Crippen LogP contribution in [-0.4, -0.2) is 42.6 Å². The van der Waals surface area contributed by atoms with E-state index in [1.165, 1.54) is 6.42 Å². The molecule has 1 aliphatic rings. The lowest BCUT2D eigenvalue weighted by Gasteiger charge is -2.43. The molecule has 0 spiro atoms. The molecule has 3 N–H and O–H groups in total. The first-order chi connectivity index (χ1) is 7.50. The van der Waals surface area contributed by atoms with E-state index in [1.54, 1.807) is 7.11 Å². The second kappa shape index (κ2) is 5.64. The summed E-state index contributed by atoms with van der Waals surface area (Å²) in [4.78, 5) is 2.42. The Balaban J connectivity index is 2.60. The fraction of sp³-hybridized carbons (Fsp3) is 0.917. The molecular formula is C12H25N3O. The molecule has 1 aliphatic heterocycles. The predicted molar refractivity (Wildman–Crippen MR) is 66.8 cm³/mol. The minimum Gasteiger partial charge on any atom is -0.388 e. The lowest BCUT2D eigenvalue weighted by molar-refractivity contribution is -0.0609. The molecule has 4 heteroatoms. The first kappa shape index (κ1) is 13.5. The number of likely N-dealkylation sites (tertiary alicyclic amines) is 1. The van der Waals surface area contributed by atoms with Crippen molar-refractivity contribution in [3.63, 3.8) is 0 Å². The largest absolute Gasteiger partial charge is 0.388 e. The average Bonchev–Trinajstić information content (AvgIpc) is 2.25. The topological polar surface area (TPSA) is 62.3 Å². The van der Waals surface area contributed by atoms with Gasteiger partial charge >= 0.3 is 0 Å². The molecule has 0 bridgehead atoms. The Hall–Kier alpha value is -0.610. The van der Waals surface area contributed by atoms with Crippen LogP contribution < -0.4 is 5.73 Å². The minimum atomic E-state index is -0.0253. The number of nitrogens with one attached hydrogen (secondary N) is 1. The summed E-state index contributed by atoms with van der Waals surface area (Å²) in [5, 5.41) is 7.41. The van der Waals surface area contributed by atoms with E-state index < -0.39 is 0 Å². The Morgan fingerprint density at radius 2 is 2.31 bits per heavy atom. The van der Waals surface area contributed by atoms with Crippen LogP contribution in [0.25, 0.3) is 0 Å². The van der Waals surface area contributed by atoms with Crippen LogP contribution in [-0.2, 0) is 4.74 Å². The number of rotatable bonds is 5. The van der Waals surface area contributed by atoms with Gasteiger partial charge in [0.1, 0.15) is 0 Å². The lowest BCUT2D eigenvalue weighted by Crippen LogP contribution is -2.51. The van der Waals surface area contributed by atoms with E-state index in [0.29, 0.717) is 12.5 Å². The maximum absolute atomic E-state index is 7.41. The highest BCUT2D eigenvalue weighted by atomic mass is 16.5. The van der Waals surface area contributed by atoms with Gasteiger partial charge < -0.3 is 10.5 Å². The molecule has 0 saturated carbocycles. The van der Waals surface area contributed by atoms with Crippen molar-refractivity contribution in [1.82, 2.24) is 4.90 Å². The Morgan fingerprint density at radius 1 is 1.62 bits per heavy atom. The molecule has 1 heterocycles. The average molecular weight is 227 g/mol. The third-order valence-electron chi connectivity index (χ3n) is 3.62. The van der Waals surface area contributed by atoms with Gasteiger partial charge in [0, 0.05) is 26.1 Å². The molecule has 16 heavy (non-hydrogen) atoms. The summed E-state index contributed by atoms with van der Waals surface area (Å²) >= 11 is 0. The molecule has 0 aliphatic carbocycles. The summed E-state index contributed by atoms with van der Waals surface area (Å²) < 4.78 is 5.58. The Morgan fingerprint density at radius 3 is 2.81 bits per heavy atom. The first-order valence-electron chi connectivity index (χ1n) is 6.13. The Bertz CT molecular complexity index is 244. The maximum Gasteiger partial charge on any atom is 0.0921 e. The van der Waals surface area contributed by atoms with Crippen LogP contribution >= 0.6 is 0 Å². The fourth-order valence-electron chi connectivity index (χ4n) is 2.51. The molecular weight excluding hydrogens is 202 g/mol. The number of amidine groups is 1. The van der Waals surface area contributed by atoms with Crippen molar-refractivity contribution < 1.29 is 4.74 Å². The van der Waals surface area contributed by atoms with Crippen molar-refractivity contribution in [2.75, 3.05) is 20.2 Å². The summed E-state index contributed by atoms with van der Waals surface area (Å²) in [5.41, 5.74) is 5.48. The molecule has 0 aromatic carbocycles. The zero-order chi connectivity index (χ0) is 12.2. The third kappa shape index (κ3) is 3.46. The number of ether oxygens (including phenoxy) is 1. The zero-order valence-corrected chi connectivity index (χ0v) is 10.8.